The van der Waals surface area contributed by atoms with Gasteiger partial charge in [0.2, 0.25) is 0 Å². The zero-order valence-corrected chi connectivity index (χ0v) is 37.4. The molecule has 3 heterocycles. The third kappa shape index (κ3) is 6.25. The molecule has 0 aliphatic rings. The van der Waals surface area contributed by atoms with Crippen molar-refractivity contribution in [1.29, 1.82) is 0 Å². The first-order chi connectivity index (χ1) is 32.5. The Kier molecular flexibility index (Phi) is 8.84. The average Bonchev–Trinajstić information content (AvgIpc) is 4.01. The van der Waals surface area contributed by atoms with Gasteiger partial charge in [-0.05, 0) is 157 Å². The zero-order chi connectivity index (χ0) is 43.9. The first-order valence-corrected chi connectivity index (χ1v) is 23.5. The van der Waals surface area contributed by atoms with Gasteiger partial charge in [0, 0.05) is 70.2 Å². The molecule has 0 saturated heterocycles. The number of benzene rings is 10. The molecule has 10 aromatic carbocycles. The van der Waals surface area contributed by atoms with E-state index in [0.29, 0.717) is 0 Å². The fraction of sp³-hybridized carbons (Fsp3) is 0.0323. The second kappa shape index (κ2) is 15.2. The molecule has 3 nitrogen and oxygen atoms in total. The molecule has 0 N–H and O–H groups in total. The number of fused-ring (bicyclic) bond motifs is 9. The number of rotatable bonds is 7. The van der Waals surface area contributed by atoms with Crippen molar-refractivity contribution < 1.29 is 0 Å². The number of thiophene rings is 1. The van der Waals surface area contributed by atoms with Crippen molar-refractivity contribution in [2.24, 2.45) is 0 Å². The standard InChI is InChI=1S/C62H43N3S/c1-40-17-30-57-52(35-40)53-36-41(2)18-31-58(53)64(57)48-25-21-46(22-26-48)63(50-29-34-62-56(39-50)51-15-9-10-16-61(51)66-62)47-23-27-49(28-24-47)65-59-32-19-44(42-11-5-3-6-12-42)37-54(59)55-38-45(20-33-60(55)65)43-13-7-4-8-14-43/h3-39H,1-2H3. The van der Waals surface area contributed by atoms with E-state index in [2.05, 4.69) is 252 Å². The van der Waals surface area contributed by atoms with Gasteiger partial charge in [-0.3, -0.25) is 0 Å². The predicted molar refractivity (Wildman–Crippen MR) is 283 cm³/mol. The summed E-state index contributed by atoms with van der Waals surface area (Å²) in [5, 5.41) is 7.61. The van der Waals surface area contributed by atoms with E-state index in [1.807, 2.05) is 11.3 Å². The Morgan fingerprint density at radius 1 is 0.303 bits per heavy atom. The number of hydrogen-bond donors (Lipinski definition) is 0. The van der Waals surface area contributed by atoms with Crippen molar-refractivity contribution in [3.05, 3.63) is 236 Å². The molecule has 4 heteroatoms. The van der Waals surface area contributed by atoms with Gasteiger partial charge >= 0.3 is 0 Å². The van der Waals surface area contributed by atoms with Crippen LogP contribution >= 0.6 is 11.3 Å². The molecule has 0 bridgehead atoms. The summed E-state index contributed by atoms with van der Waals surface area (Å²) in [6.07, 6.45) is 0. The lowest BCUT2D eigenvalue weighted by atomic mass is 10.0. The lowest BCUT2D eigenvalue weighted by Crippen LogP contribution is -2.10. The molecule has 13 aromatic rings. The first-order valence-electron chi connectivity index (χ1n) is 22.7. The average molecular weight is 862 g/mol. The van der Waals surface area contributed by atoms with Gasteiger partial charge in [0.15, 0.2) is 0 Å². The molecule has 0 aliphatic carbocycles. The molecule has 0 saturated carbocycles. The second-order valence-corrected chi connectivity index (χ2v) is 18.6. The minimum atomic E-state index is 1.09. The van der Waals surface area contributed by atoms with Crippen molar-refractivity contribution in [2.75, 3.05) is 4.90 Å². The van der Waals surface area contributed by atoms with Crippen LogP contribution in [0.5, 0.6) is 0 Å². The van der Waals surface area contributed by atoms with E-state index in [1.54, 1.807) is 0 Å². The molecule has 13 rings (SSSR count). The maximum atomic E-state index is 2.43. The van der Waals surface area contributed by atoms with E-state index < -0.39 is 0 Å². The van der Waals surface area contributed by atoms with Crippen molar-refractivity contribution in [3.8, 4) is 33.6 Å². The largest absolute Gasteiger partial charge is 0.310 e. The highest BCUT2D eigenvalue weighted by Gasteiger charge is 2.19. The number of nitrogens with zero attached hydrogens (tertiary/aromatic N) is 3. The Balaban J connectivity index is 0.959. The predicted octanol–water partition coefficient (Wildman–Crippen LogP) is 17.7. The fourth-order valence-corrected chi connectivity index (χ4v) is 11.3. The molecule has 66 heavy (non-hydrogen) atoms. The second-order valence-electron chi connectivity index (χ2n) is 17.6. The molecule has 0 fully saturated rings. The van der Waals surface area contributed by atoms with Gasteiger partial charge in [0.1, 0.15) is 0 Å². The normalized spacial score (nSPS) is 11.8. The molecule has 312 valence electrons. The lowest BCUT2D eigenvalue weighted by Gasteiger charge is -2.26. The van der Waals surface area contributed by atoms with Crippen LogP contribution in [0, 0.1) is 13.8 Å². The minimum absolute atomic E-state index is 1.09. The van der Waals surface area contributed by atoms with Crippen LogP contribution < -0.4 is 4.90 Å². The van der Waals surface area contributed by atoms with E-state index in [4.69, 9.17) is 0 Å². The molecule has 0 unspecified atom stereocenters. The highest BCUT2D eigenvalue weighted by Crippen LogP contribution is 2.43. The smallest absolute Gasteiger partial charge is 0.0541 e. The van der Waals surface area contributed by atoms with E-state index >= 15 is 0 Å². The summed E-state index contributed by atoms with van der Waals surface area (Å²) < 4.78 is 7.43. The first kappa shape index (κ1) is 38.3. The van der Waals surface area contributed by atoms with Crippen LogP contribution in [0.25, 0.3) is 97.4 Å². The van der Waals surface area contributed by atoms with E-state index in [9.17, 15) is 0 Å². The summed E-state index contributed by atoms with van der Waals surface area (Å²) in [4.78, 5) is 2.40. The highest BCUT2D eigenvalue weighted by atomic mass is 32.1. The minimum Gasteiger partial charge on any atom is -0.310 e. The highest BCUT2D eigenvalue weighted by molar-refractivity contribution is 7.25. The van der Waals surface area contributed by atoms with Crippen molar-refractivity contribution in [3.63, 3.8) is 0 Å². The van der Waals surface area contributed by atoms with Gasteiger partial charge in [0.05, 0.1) is 22.1 Å². The van der Waals surface area contributed by atoms with Crippen LogP contribution in [0.3, 0.4) is 0 Å². The maximum absolute atomic E-state index is 2.43. The van der Waals surface area contributed by atoms with Crippen LogP contribution in [0.15, 0.2) is 224 Å². The SMILES string of the molecule is Cc1ccc2c(c1)c1cc(C)ccc1n2-c1ccc(N(c2ccc(-n3c4ccc(-c5ccccc5)cc4c4cc(-c5ccccc5)ccc43)cc2)c2ccc3sc4ccccc4c3c2)cc1. The van der Waals surface area contributed by atoms with Gasteiger partial charge in [-0.25, -0.2) is 0 Å². The van der Waals surface area contributed by atoms with Gasteiger partial charge in [0.25, 0.3) is 0 Å². The van der Waals surface area contributed by atoms with Gasteiger partial charge in [-0.1, -0.05) is 114 Å². The van der Waals surface area contributed by atoms with E-state index in [-0.39, 0.29) is 0 Å². The topological polar surface area (TPSA) is 13.1 Å². The number of aromatic nitrogens is 2. The maximum Gasteiger partial charge on any atom is 0.0541 e. The zero-order valence-electron chi connectivity index (χ0n) is 36.6. The molecule has 3 aromatic heterocycles. The fourth-order valence-electron chi connectivity index (χ4n) is 10.3. The molecular formula is C62H43N3S. The Labute approximate surface area is 387 Å². The summed E-state index contributed by atoms with van der Waals surface area (Å²) >= 11 is 1.85. The van der Waals surface area contributed by atoms with Crippen molar-refractivity contribution >= 4 is 92.2 Å². The van der Waals surface area contributed by atoms with Gasteiger partial charge in [-0.15, -0.1) is 11.3 Å². The summed E-state index contributed by atoms with van der Waals surface area (Å²) in [7, 11) is 0. The Hall–Kier alpha value is -8.18. The summed E-state index contributed by atoms with van der Waals surface area (Å²) in [5.74, 6) is 0. The molecular weight excluding hydrogens is 819 g/mol. The van der Waals surface area contributed by atoms with Gasteiger partial charge in [-0.2, -0.15) is 0 Å². The van der Waals surface area contributed by atoms with Crippen molar-refractivity contribution in [1.82, 2.24) is 9.13 Å². The Morgan fingerprint density at radius 3 is 1.24 bits per heavy atom. The molecule has 0 atom stereocenters. The van der Waals surface area contributed by atoms with Crippen LogP contribution in [-0.4, -0.2) is 9.13 Å². The monoisotopic (exact) mass is 861 g/mol. The third-order valence-electron chi connectivity index (χ3n) is 13.4. The van der Waals surface area contributed by atoms with Crippen LogP contribution in [0.4, 0.5) is 17.1 Å². The van der Waals surface area contributed by atoms with Crippen molar-refractivity contribution in [2.45, 2.75) is 13.8 Å². The molecule has 0 amide bonds. The van der Waals surface area contributed by atoms with Crippen LogP contribution in [0.1, 0.15) is 11.1 Å². The molecule has 0 radical (unpaired) electrons. The summed E-state index contributed by atoms with van der Waals surface area (Å²) in [6.45, 7) is 4.35. The number of anilines is 3. The van der Waals surface area contributed by atoms with E-state index in [1.165, 1.54) is 97.2 Å². The van der Waals surface area contributed by atoms with Crippen LogP contribution in [0.2, 0.25) is 0 Å². The Morgan fingerprint density at radius 2 is 0.727 bits per heavy atom. The Bertz CT molecular complexity index is 3830. The van der Waals surface area contributed by atoms with E-state index in [0.717, 1.165) is 28.4 Å². The molecule has 0 aliphatic heterocycles. The summed E-state index contributed by atoms with van der Waals surface area (Å²) in [6, 6.07) is 82.8. The number of aryl methyl sites for hydroxylation is 2. The van der Waals surface area contributed by atoms with Gasteiger partial charge < -0.3 is 14.0 Å². The number of hydrogen-bond acceptors (Lipinski definition) is 2. The third-order valence-corrected chi connectivity index (χ3v) is 14.6. The summed E-state index contributed by atoms with van der Waals surface area (Å²) in [5.41, 5.74) is 17.7. The molecule has 0 spiro atoms. The lowest BCUT2D eigenvalue weighted by molar-refractivity contribution is 1.17. The quantitative estimate of drug-likeness (QED) is 0.156. The van der Waals surface area contributed by atoms with Crippen LogP contribution in [-0.2, 0) is 0 Å².